The van der Waals surface area contributed by atoms with Crippen LogP contribution in [0.4, 0.5) is 0 Å². The van der Waals surface area contributed by atoms with Crippen molar-refractivity contribution in [2.45, 2.75) is 6.42 Å². The number of aromatic nitrogens is 3. The molecule has 0 fully saturated rings. The largest absolute Gasteiger partial charge is 0.285 e. The van der Waals surface area contributed by atoms with Gasteiger partial charge in [-0.2, -0.15) is 0 Å². The minimum atomic E-state index is 0.687. The van der Waals surface area contributed by atoms with Gasteiger partial charge in [0.1, 0.15) is 12.2 Å². The third-order valence-electron chi connectivity index (χ3n) is 3.78. The number of benzene rings is 2. The molecule has 0 atom stereocenters. The van der Waals surface area contributed by atoms with Crippen LogP contribution in [-0.2, 0) is 6.42 Å². The summed E-state index contributed by atoms with van der Waals surface area (Å²) in [5.74, 6) is 0.894. The van der Waals surface area contributed by atoms with Gasteiger partial charge in [-0.3, -0.25) is 4.57 Å². The van der Waals surface area contributed by atoms with Gasteiger partial charge >= 0.3 is 0 Å². The summed E-state index contributed by atoms with van der Waals surface area (Å²) in [6, 6.07) is 13.6. The minimum Gasteiger partial charge on any atom is -0.285 e. The molecular formula is C17H11Cl2N3. The normalized spacial score (nSPS) is 13.1. The highest BCUT2D eigenvalue weighted by molar-refractivity contribution is 6.33. The first-order valence-corrected chi connectivity index (χ1v) is 7.64. The van der Waals surface area contributed by atoms with E-state index in [2.05, 4.69) is 16.3 Å². The maximum Gasteiger partial charge on any atom is 0.141 e. The number of halogens is 2. The van der Waals surface area contributed by atoms with Gasteiger partial charge in [0, 0.05) is 27.6 Å². The molecule has 3 aromatic rings. The van der Waals surface area contributed by atoms with Crippen LogP contribution in [0, 0.1) is 0 Å². The van der Waals surface area contributed by atoms with Gasteiger partial charge in [0.25, 0.3) is 0 Å². The summed E-state index contributed by atoms with van der Waals surface area (Å²) in [5.41, 5.74) is 4.09. The van der Waals surface area contributed by atoms with Crippen LogP contribution in [0.1, 0.15) is 17.0 Å². The maximum absolute atomic E-state index is 6.39. The van der Waals surface area contributed by atoms with E-state index in [0.29, 0.717) is 11.4 Å². The SMILES string of the molecule is Clc1ccc2c(c1)C(c1ccccc1Cl)=CCc1nncn1-2. The Morgan fingerprint density at radius 2 is 1.86 bits per heavy atom. The summed E-state index contributed by atoms with van der Waals surface area (Å²) < 4.78 is 1.99. The van der Waals surface area contributed by atoms with Crippen LogP contribution < -0.4 is 0 Å². The number of fused-ring (bicyclic) bond motifs is 3. The van der Waals surface area contributed by atoms with Gasteiger partial charge in [-0.15, -0.1) is 10.2 Å². The van der Waals surface area contributed by atoms with Crippen molar-refractivity contribution >= 4 is 28.8 Å². The molecule has 0 saturated heterocycles. The van der Waals surface area contributed by atoms with Crippen LogP contribution in [0.3, 0.4) is 0 Å². The van der Waals surface area contributed by atoms with Crippen molar-refractivity contribution in [3.05, 3.63) is 81.9 Å². The Morgan fingerprint density at radius 3 is 2.73 bits per heavy atom. The van der Waals surface area contributed by atoms with Crippen molar-refractivity contribution in [2.24, 2.45) is 0 Å². The van der Waals surface area contributed by atoms with E-state index < -0.39 is 0 Å². The van der Waals surface area contributed by atoms with Crippen LogP contribution in [0.5, 0.6) is 0 Å². The molecule has 0 spiro atoms. The molecule has 3 nitrogen and oxygen atoms in total. The molecule has 1 aliphatic heterocycles. The Kier molecular flexibility index (Phi) is 3.25. The Labute approximate surface area is 137 Å². The molecule has 0 unspecified atom stereocenters. The van der Waals surface area contributed by atoms with Crippen molar-refractivity contribution in [2.75, 3.05) is 0 Å². The molecule has 0 N–H and O–H groups in total. The Balaban J connectivity index is 2.01. The van der Waals surface area contributed by atoms with Gasteiger partial charge in [-0.1, -0.05) is 47.5 Å². The zero-order valence-corrected chi connectivity index (χ0v) is 13.0. The molecule has 4 rings (SSSR count). The minimum absolute atomic E-state index is 0.687. The number of rotatable bonds is 1. The molecule has 0 saturated carbocycles. The first-order valence-electron chi connectivity index (χ1n) is 6.88. The number of hydrogen-bond acceptors (Lipinski definition) is 2. The fourth-order valence-corrected chi connectivity index (χ4v) is 3.18. The van der Waals surface area contributed by atoms with Crippen LogP contribution in [0.15, 0.2) is 54.9 Å². The highest BCUT2D eigenvalue weighted by Crippen LogP contribution is 2.36. The van der Waals surface area contributed by atoms with E-state index in [0.717, 1.165) is 33.2 Å². The van der Waals surface area contributed by atoms with Gasteiger partial charge in [-0.05, 0) is 29.8 Å². The number of hydrogen-bond donors (Lipinski definition) is 0. The zero-order valence-electron chi connectivity index (χ0n) is 11.5. The monoisotopic (exact) mass is 327 g/mol. The molecule has 0 radical (unpaired) electrons. The van der Waals surface area contributed by atoms with Gasteiger partial charge < -0.3 is 0 Å². The van der Waals surface area contributed by atoms with Crippen molar-refractivity contribution in [3.63, 3.8) is 0 Å². The molecular weight excluding hydrogens is 317 g/mol. The lowest BCUT2D eigenvalue weighted by atomic mass is 9.96. The molecule has 22 heavy (non-hydrogen) atoms. The predicted molar refractivity (Wildman–Crippen MR) is 88.6 cm³/mol. The van der Waals surface area contributed by atoms with E-state index in [1.807, 2.05) is 47.0 Å². The van der Waals surface area contributed by atoms with Gasteiger partial charge in [0.15, 0.2) is 0 Å². The summed E-state index contributed by atoms with van der Waals surface area (Å²) in [5, 5.41) is 9.61. The van der Waals surface area contributed by atoms with E-state index in [1.54, 1.807) is 6.33 Å². The smallest absolute Gasteiger partial charge is 0.141 e. The summed E-state index contributed by atoms with van der Waals surface area (Å²) in [4.78, 5) is 0. The second kappa shape index (κ2) is 5.27. The fourth-order valence-electron chi connectivity index (χ4n) is 2.77. The van der Waals surface area contributed by atoms with Crippen molar-refractivity contribution in [1.82, 2.24) is 14.8 Å². The molecule has 5 heteroatoms. The second-order valence-electron chi connectivity index (χ2n) is 5.08. The highest BCUT2D eigenvalue weighted by Gasteiger charge is 2.19. The van der Waals surface area contributed by atoms with Crippen LogP contribution in [0.25, 0.3) is 11.3 Å². The molecule has 0 aliphatic carbocycles. The van der Waals surface area contributed by atoms with E-state index in [1.165, 1.54) is 0 Å². The topological polar surface area (TPSA) is 30.7 Å². The van der Waals surface area contributed by atoms with E-state index >= 15 is 0 Å². The summed E-state index contributed by atoms with van der Waals surface area (Å²) in [6.07, 6.45) is 4.54. The van der Waals surface area contributed by atoms with Crippen LogP contribution in [0.2, 0.25) is 10.0 Å². The Bertz CT molecular complexity index is 896. The predicted octanol–water partition coefficient (Wildman–Crippen LogP) is 4.56. The molecule has 2 heterocycles. The summed E-state index contributed by atoms with van der Waals surface area (Å²) >= 11 is 12.6. The lowest BCUT2D eigenvalue weighted by Crippen LogP contribution is -2.00. The second-order valence-corrected chi connectivity index (χ2v) is 5.92. The highest BCUT2D eigenvalue weighted by atomic mass is 35.5. The average molecular weight is 328 g/mol. The van der Waals surface area contributed by atoms with Gasteiger partial charge in [0.2, 0.25) is 0 Å². The summed E-state index contributed by atoms with van der Waals surface area (Å²) in [6.45, 7) is 0. The lowest BCUT2D eigenvalue weighted by Gasteiger charge is -2.14. The molecule has 0 amide bonds. The van der Waals surface area contributed by atoms with E-state index in [9.17, 15) is 0 Å². The fraction of sp³-hybridized carbons (Fsp3) is 0.0588. The van der Waals surface area contributed by atoms with Crippen molar-refractivity contribution in [1.29, 1.82) is 0 Å². The van der Waals surface area contributed by atoms with Crippen LogP contribution >= 0.6 is 23.2 Å². The Hall–Kier alpha value is -2.10. The first kappa shape index (κ1) is 13.6. The standard InChI is InChI=1S/C17H11Cl2N3/c18-11-5-7-16-14(9-11)12(13-3-1-2-4-15(13)19)6-8-17-21-20-10-22(16)17/h1-7,9-10H,8H2. The quantitative estimate of drug-likeness (QED) is 0.655. The average Bonchev–Trinajstić information content (AvgIpc) is 2.92. The zero-order chi connectivity index (χ0) is 15.1. The number of allylic oxidation sites excluding steroid dienone is 1. The molecule has 2 aromatic carbocycles. The molecule has 1 aromatic heterocycles. The number of nitrogens with zero attached hydrogens (tertiary/aromatic N) is 3. The molecule has 1 aliphatic rings. The van der Waals surface area contributed by atoms with E-state index in [-0.39, 0.29) is 0 Å². The van der Waals surface area contributed by atoms with Gasteiger partial charge in [-0.25, -0.2) is 0 Å². The third-order valence-corrected chi connectivity index (χ3v) is 4.34. The first-order chi connectivity index (χ1) is 10.7. The Morgan fingerprint density at radius 1 is 1.00 bits per heavy atom. The van der Waals surface area contributed by atoms with Crippen molar-refractivity contribution in [3.8, 4) is 5.69 Å². The van der Waals surface area contributed by atoms with Crippen molar-refractivity contribution < 1.29 is 0 Å². The summed E-state index contributed by atoms with van der Waals surface area (Å²) in [7, 11) is 0. The molecule has 108 valence electrons. The van der Waals surface area contributed by atoms with Crippen LogP contribution in [-0.4, -0.2) is 14.8 Å². The molecule has 0 bridgehead atoms. The maximum atomic E-state index is 6.39. The lowest BCUT2D eigenvalue weighted by molar-refractivity contribution is 0.928. The van der Waals surface area contributed by atoms with Gasteiger partial charge in [0.05, 0.1) is 5.69 Å². The van der Waals surface area contributed by atoms with E-state index in [4.69, 9.17) is 23.2 Å². The third kappa shape index (κ3) is 2.14.